The summed E-state index contributed by atoms with van der Waals surface area (Å²) in [7, 11) is 1.66. The Hall–Kier alpha value is -2.56. The summed E-state index contributed by atoms with van der Waals surface area (Å²) < 4.78 is 5.29. The Bertz CT molecular complexity index is 582. The first kappa shape index (κ1) is 13.9. The van der Waals surface area contributed by atoms with Gasteiger partial charge in [0, 0.05) is 19.0 Å². The van der Waals surface area contributed by atoms with E-state index in [4.69, 9.17) is 4.74 Å². The number of nitrogens with zero attached hydrogens (tertiary/aromatic N) is 1. The molecular formula is C15H17N3O2. The van der Waals surface area contributed by atoms with Gasteiger partial charge in [-0.2, -0.15) is 0 Å². The van der Waals surface area contributed by atoms with Crippen molar-refractivity contribution in [3.05, 3.63) is 48.2 Å². The molecule has 104 valence electrons. The molecule has 0 bridgehead atoms. The molecule has 0 atom stereocenters. The summed E-state index contributed by atoms with van der Waals surface area (Å²) in [6, 6.07) is 11.5. The third-order valence-corrected chi connectivity index (χ3v) is 2.74. The van der Waals surface area contributed by atoms with E-state index in [0.717, 1.165) is 17.0 Å². The number of pyridine rings is 1. The van der Waals surface area contributed by atoms with Gasteiger partial charge in [-0.05, 0) is 18.2 Å². The van der Waals surface area contributed by atoms with Crippen LogP contribution < -0.4 is 15.4 Å². The largest absolute Gasteiger partial charge is 0.496 e. The summed E-state index contributed by atoms with van der Waals surface area (Å²) in [5, 5.41) is 5.89. The number of nitrogens with one attached hydrogen (secondary N) is 2. The van der Waals surface area contributed by atoms with E-state index in [0.29, 0.717) is 12.4 Å². The van der Waals surface area contributed by atoms with E-state index in [1.807, 2.05) is 30.3 Å². The third-order valence-electron chi connectivity index (χ3n) is 2.74. The molecular weight excluding hydrogens is 254 g/mol. The quantitative estimate of drug-likeness (QED) is 0.877. The molecule has 0 aliphatic rings. The van der Waals surface area contributed by atoms with Gasteiger partial charge in [-0.1, -0.05) is 18.2 Å². The van der Waals surface area contributed by atoms with Crippen molar-refractivity contribution in [1.82, 2.24) is 4.98 Å². The number of anilines is 2. The fraction of sp³-hybridized carbons (Fsp3) is 0.200. The van der Waals surface area contributed by atoms with Crippen LogP contribution in [0.15, 0.2) is 42.6 Å². The lowest BCUT2D eigenvalue weighted by molar-refractivity contribution is -0.114. The minimum atomic E-state index is -0.132. The van der Waals surface area contributed by atoms with Crippen LogP contribution in [0.5, 0.6) is 5.75 Å². The number of methoxy groups -OCH3 is 1. The van der Waals surface area contributed by atoms with Crippen molar-refractivity contribution < 1.29 is 9.53 Å². The average Bonchev–Trinajstić information content (AvgIpc) is 2.46. The molecule has 0 fully saturated rings. The first-order valence-electron chi connectivity index (χ1n) is 6.28. The number of benzene rings is 1. The fourth-order valence-electron chi connectivity index (χ4n) is 1.80. The predicted molar refractivity (Wildman–Crippen MR) is 78.9 cm³/mol. The highest BCUT2D eigenvalue weighted by Gasteiger charge is 2.02. The van der Waals surface area contributed by atoms with Gasteiger partial charge in [0.15, 0.2) is 0 Å². The summed E-state index contributed by atoms with van der Waals surface area (Å²) in [5.41, 5.74) is 1.95. The van der Waals surface area contributed by atoms with Gasteiger partial charge in [-0.15, -0.1) is 0 Å². The molecule has 2 aromatic rings. The van der Waals surface area contributed by atoms with E-state index in [2.05, 4.69) is 15.6 Å². The van der Waals surface area contributed by atoms with Gasteiger partial charge in [0.2, 0.25) is 5.91 Å². The molecule has 5 heteroatoms. The number of hydrogen-bond donors (Lipinski definition) is 2. The van der Waals surface area contributed by atoms with Crippen molar-refractivity contribution in [2.75, 3.05) is 17.7 Å². The highest BCUT2D eigenvalue weighted by atomic mass is 16.5. The molecule has 0 unspecified atom stereocenters. The molecule has 0 radical (unpaired) electrons. The molecule has 1 aromatic carbocycles. The first-order valence-corrected chi connectivity index (χ1v) is 6.28. The SMILES string of the molecule is COc1ccccc1CNc1ccc(NC(C)=O)nc1. The molecule has 0 aliphatic carbocycles. The molecule has 0 spiro atoms. The van der Waals surface area contributed by atoms with Crippen LogP contribution in [-0.4, -0.2) is 18.0 Å². The monoisotopic (exact) mass is 271 g/mol. The van der Waals surface area contributed by atoms with Crippen LogP contribution in [0.25, 0.3) is 0 Å². The lowest BCUT2D eigenvalue weighted by atomic mass is 10.2. The summed E-state index contributed by atoms with van der Waals surface area (Å²) in [6.07, 6.45) is 1.68. The van der Waals surface area contributed by atoms with Crippen LogP contribution in [0.2, 0.25) is 0 Å². The van der Waals surface area contributed by atoms with Crippen LogP contribution in [0, 0.1) is 0 Å². The Balaban J connectivity index is 1.98. The molecule has 1 aromatic heterocycles. The Morgan fingerprint density at radius 1 is 1.25 bits per heavy atom. The van der Waals surface area contributed by atoms with Gasteiger partial charge >= 0.3 is 0 Å². The van der Waals surface area contributed by atoms with Crippen molar-refractivity contribution in [2.45, 2.75) is 13.5 Å². The van der Waals surface area contributed by atoms with Crippen molar-refractivity contribution in [3.63, 3.8) is 0 Å². The Kier molecular flexibility index (Phi) is 4.55. The molecule has 1 amide bonds. The van der Waals surface area contributed by atoms with Gasteiger partial charge < -0.3 is 15.4 Å². The zero-order valence-electron chi connectivity index (χ0n) is 11.5. The van der Waals surface area contributed by atoms with Crippen LogP contribution >= 0.6 is 0 Å². The second kappa shape index (κ2) is 6.56. The molecule has 2 rings (SSSR count). The highest BCUT2D eigenvalue weighted by molar-refractivity contribution is 5.87. The fourth-order valence-corrected chi connectivity index (χ4v) is 1.80. The van der Waals surface area contributed by atoms with E-state index >= 15 is 0 Å². The van der Waals surface area contributed by atoms with Gasteiger partial charge in [0.1, 0.15) is 11.6 Å². The lowest BCUT2D eigenvalue weighted by Crippen LogP contribution is -2.07. The number of amides is 1. The van der Waals surface area contributed by atoms with Gasteiger partial charge in [-0.3, -0.25) is 4.79 Å². The maximum absolute atomic E-state index is 10.9. The Morgan fingerprint density at radius 2 is 2.05 bits per heavy atom. The second-order valence-corrected chi connectivity index (χ2v) is 4.28. The topological polar surface area (TPSA) is 63.2 Å². The Morgan fingerprint density at radius 3 is 2.70 bits per heavy atom. The van der Waals surface area contributed by atoms with Crippen molar-refractivity contribution in [3.8, 4) is 5.75 Å². The lowest BCUT2D eigenvalue weighted by Gasteiger charge is -2.10. The molecule has 0 saturated heterocycles. The summed E-state index contributed by atoms with van der Waals surface area (Å²) in [4.78, 5) is 15.0. The smallest absolute Gasteiger partial charge is 0.222 e. The Labute approximate surface area is 118 Å². The number of ether oxygens (including phenoxy) is 1. The summed E-state index contributed by atoms with van der Waals surface area (Å²) in [5.74, 6) is 1.26. The highest BCUT2D eigenvalue weighted by Crippen LogP contribution is 2.19. The minimum absolute atomic E-state index is 0.132. The van der Waals surface area contributed by atoms with Gasteiger partial charge in [0.05, 0.1) is 19.0 Å². The van der Waals surface area contributed by atoms with Crippen LogP contribution in [0.4, 0.5) is 11.5 Å². The van der Waals surface area contributed by atoms with E-state index in [1.54, 1.807) is 19.4 Å². The van der Waals surface area contributed by atoms with E-state index in [1.165, 1.54) is 6.92 Å². The van der Waals surface area contributed by atoms with Crippen LogP contribution in [0.3, 0.4) is 0 Å². The van der Waals surface area contributed by atoms with Gasteiger partial charge in [-0.25, -0.2) is 4.98 Å². The maximum atomic E-state index is 10.9. The first-order chi connectivity index (χ1) is 9.69. The van der Waals surface area contributed by atoms with E-state index in [9.17, 15) is 4.79 Å². The van der Waals surface area contributed by atoms with E-state index in [-0.39, 0.29) is 5.91 Å². The van der Waals surface area contributed by atoms with E-state index < -0.39 is 0 Å². The molecule has 1 heterocycles. The molecule has 5 nitrogen and oxygen atoms in total. The maximum Gasteiger partial charge on any atom is 0.222 e. The number of aromatic nitrogens is 1. The van der Waals surface area contributed by atoms with Crippen LogP contribution in [-0.2, 0) is 11.3 Å². The molecule has 0 saturated carbocycles. The number of hydrogen-bond acceptors (Lipinski definition) is 4. The normalized spacial score (nSPS) is 9.90. The number of carbonyl (C=O) groups is 1. The predicted octanol–water partition coefficient (Wildman–Crippen LogP) is 2.66. The average molecular weight is 271 g/mol. The number of carbonyl (C=O) groups excluding carboxylic acids is 1. The minimum Gasteiger partial charge on any atom is -0.496 e. The van der Waals surface area contributed by atoms with Gasteiger partial charge in [0.25, 0.3) is 0 Å². The van der Waals surface area contributed by atoms with Crippen molar-refractivity contribution in [2.24, 2.45) is 0 Å². The number of rotatable bonds is 5. The second-order valence-electron chi connectivity index (χ2n) is 4.28. The van der Waals surface area contributed by atoms with Crippen molar-refractivity contribution >= 4 is 17.4 Å². The standard InChI is InChI=1S/C15H17N3O2/c1-11(19)18-15-8-7-13(10-17-15)16-9-12-5-3-4-6-14(12)20-2/h3-8,10,16H,9H2,1-2H3,(H,17,18,19). The summed E-state index contributed by atoms with van der Waals surface area (Å²) in [6.45, 7) is 2.10. The molecule has 2 N–H and O–H groups in total. The van der Waals surface area contributed by atoms with Crippen molar-refractivity contribution in [1.29, 1.82) is 0 Å². The van der Waals surface area contributed by atoms with Crippen LogP contribution in [0.1, 0.15) is 12.5 Å². The summed E-state index contributed by atoms with van der Waals surface area (Å²) >= 11 is 0. The molecule has 0 aliphatic heterocycles. The zero-order valence-corrected chi connectivity index (χ0v) is 11.5. The molecule has 20 heavy (non-hydrogen) atoms. The number of para-hydroxylation sites is 1. The zero-order chi connectivity index (χ0) is 14.4. The third kappa shape index (κ3) is 3.71.